The fourth-order valence-electron chi connectivity index (χ4n) is 3.23. The summed E-state index contributed by atoms with van der Waals surface area (Å²) in [4.78, 5) is 0. The SMILES string of the molecule is O=S(=O)(O)C(c1cccc(Cl)c1)(c1cccc(Cl)c1)c1c(Cl)cc(Cl)c(O)c1O. The Labute approximate surface area is 186 Å². The van der Waals surface area contributed by atoms with Crippen LogP contribution >= 0.6 is 46.4 Å². The molecule has 0 aliphatic heterocycles. The van der Waals surface area contributed by atoms with E-state index >= 15 is 0 Å². The zero-order valence-corrected chi connectivity index (χ0v) is 18.1. The second kappa shape index (κ2) is 7.87. The van der Waals surface area contributed by atoms with Crippen molar-refractivity contribution >= 4 is 56.5 Å². The molecule has 0 amide bonds. The number of phenolic OH excluding ortho intramolecular Hbond substituents is 2. The third-order valence-corrected chi connectivity index (χ3v) is 6.89. The van der Waals surface area contributed by atoms with Crippen molar-refractivity contribution in [1.29, 1.82) is 0 Å². The molecule has 0 aliphatic rings. The van der Waals surface area contributed by atoms with E-state index in [1.165, 1.54) is 48.5 Å². The predicted molar refractivity (Wildman–Crippen MR) is 114 cm³/mol. The van der Waals surface area contributed by atoms with Crippen molar-refractivity contribution in [1.82, 2.24) is 0 Å². The Bertz CT molecular complexity index is 1170. The molecule has 0 radical (unpaired) electrons. The summed E-state index contributed by atoms with van der Waals surface area (Å²) < 4.78 is 33.9. The fraction of sp³-hybridized carbons (Fsp3) is 0.0526. The molecule has 5 nitrogen and oxygen atoms in total. The summed E-state index contributed by atoms with van der Waals surface area (Å²) in [6, 6.07) is 12.3. The molecule has 152 valence electrons. The van der Waals surface area contributed by atoms with Crippen molar-refractivity contribution in [2.24, 2.45) is 0 Å². The predicted octanol–water partition coefficient (Wildman–Crippen LogP) is 5.89. The molecule has 3 N–H and O–H groups in total. The van der Waals surface area contributed by atoms with Crippen molar-refractivity contribution in [2.75, 3.05) is 0 Å². The summed E-state index contributed by atoms with van der Waals surface area (Å²) in [6.07, 6.45) is 0. The number of phenols is 2. The van der Waals surface area contributed by atoms with E-state index in [9.17, 15) is 23.2 Å². The quantitative estimate of drug-likeness (QED) is 0.239. The first kappa shape index (κ1) is 22.0. The first-order chi connectivity index (χ1) is 13.5. The second-order valence-corrected chi connectivity index (χ2v) is 9.34. The first-order valence-electron chi connectivity index (χ1n) is 7.89. The van der Waals surface area contributed by atoms with Crippen molar-refractivity contribution in [2.45, 2.75) is 4.75 Å². The highest BCUT2D eigenvalue weighted by Crippen LogP contribution is 2.54. The lowest BCUT2D eigenvalue weighted by Gasteiger charge is -2.34. The Balaban J connectivity index is 2.64. The van der Waals surface area contributed by atoms with Crippen molar-refractivity contribution in [3.8, 4) is 11.5 Å². The van der Waals surface area contributed by atoms with Crippen LogP contribution in [0.1, 0.15) is 16.7 Å². The largest absolute Gasteiger partial charge is 0.504 e. The molecule has 10 heteroatoms. The Hall–Kier alpha value is -1.67. The number of rotatable bonds is 4. The van der Waals surface area contributed by atoms with E-state index in [2.05, 4.69) is 0 Å². The van der Waals surface area contributed by atoms with Gasteiger partial charge in [-0.3, -0.25) is 4.55 Å². The highest BCUT2D eigenvalue weighted by molar-refractivity contribution is 7.87. The maximum atomic E-state index is 13.0. The third-order valence-electron chi connectivity index (χ3n) is 4.38. The van der Waals surface area contributed by atoms with Gasteiger partial charge >= 0.3 is 0 Å². The monoisotopic (exact) mass is 492 g/mol. The summed E-state index contributed by atoms with van der Waals surface area (Å²) in [7, 11) is -5.11. The zero-order chi connectivity index (χ0) is 21.6. The fourth-order valence-corrected chi connectivity index (χ4v) is 5.57. The van der Waals surface area contributed by atoms with Gasteiger partial charge < -0.3 is 10.2 Å². The molecule has 0 fully saturated rings. The van der Waals surface area contributed by atoms with Crippen LogP contribution in [-0.2, 0) is 14.9 Å². The van der Waals surface area contributed by atoms with E-state index in [1.807, 2.05) is 0 Å². The van der Waals surface area contributed by atoms with Crippen LogP contribution in [0.4, 0.5) is 0 Å². The van der Waals surface area contributed by atoms with Gasteiger partial charge in [0.05, 0.1) is 10.0 Å². The highest BCUT2D eigenvalue weighted by atomic mass is 35.5. The molecule has 29 heavy (non-hydrogen) atoms. The average molecular weight is 494 g/mol. The summed E-state index contributed by atoms with van der Waals surface area (Å²) >= 11 is 24.3. The Morgan fingerprint density at radius 1 is 0.724 bits per heavy atom. The molecule has 0 unspecified atom stereocenters. The Morgan fingerprint density at radius 3 is 1.62 bits per heavy atom. The number of aromatic hydroxyl groups is 2. The minimum Gasteiger partial charge on any atom is -0.504 e. The van der Waals surface area contributed by atoms with Gasteiger partial charge in [-0.2, -0.15) is 8.42 Å². The minimum atomic E-state index is -5.11. The first-order valence-corrected chi connectivity index (χ1v) is 10.8. The summed E-state index contributed by atoms with van der Waals surface area (Å²) in [6.45, 7) is 0. The molecular formula is C19H12Cl4O5S. The van der Waals surface area contributed by atoms with Gasteiger partial charge in [-0.15, -0.1) is 0 Å². The maximum absolute atomic E-state index is 13.0. The summed E-state index contributed by atoms with van der Waals surface area (Å²) in [5, 5.41) is 20.5. The van der Waals surface area contributed by atoms with Crippen molar-refractivity contribution in [3.63, 3.8) is 0 Å². The molecule has 0 spiro atoms. The Kier molecular flexibility index (Phi) is 5.98. The number of hydrogen-bond acceptors (Lipinski definition) is 4. The van der Waals surface area contributed by atoms with E-state index < -0.39 is 31.9 Å². The van der Waals surface area contributed by atoms with Crippen LogP contribution < -0.4 is 0 Å². The molecule has 3 rings (SSSR count). The van der Waals surface area contributed by atoms with Crippen LogP contribution in [0.2, 0.25) is 20.1 Å². The lowest BCUT2D eigenvalue weighted by atomic mass is 9.83. The smallest absolute Gasteiger partial charge is 0.283 e. The summed E-state index contributed by atoms with van der Waals surface area (Å²) in [5.74, 6) is -1.72. The number of halogens is 4. The highest BCUT2D eigenvalue weighted by Gasteiger charge is 2.52. The molecule has 0 heterocycles. The number of hydrogen-bond donors (Lipinski definition) is 3. The van der Waals surface area contributed by atoms with Crippen LogP contribution in [0.5, 0.6) is 11.5 Å². The van der Waals surface area contributed by atoms with E-state index in [0.29, 0.717) is 0 Å². The van der Waals surface area contributed by atoms with Crippen molar-refractivity contribution < 1.29 is 23.2 Å². The second-order valence-electron chi connectivity index (χ2n) is 6.09. The van der Waals surface area contributed by atoms with Gasteiger partial charge in [0, 0.05) is 15.6 Å². The van der Waals surface area contributed by atoms with Gasteiger partial charge in [-0.25, -0.2) is 0 Å². The molecule has 0 bridgehead atoms. The maximum Gasteiger partial charge on any atom is 0.283 e. The number of benzene rings is 3. The molecule has 0 aromatic heterocycles. The molecule has 3 aromatic rings. The van der Waals surface area contributed by atoms with Gasteiger partial charge in [-0.1, -0.05) is 70.7 Å². The third kappa shape index (κ3) is 3.65. The molecule has 0 aliphatic carbocycles. The molecule has 0 saturated heterocycles. The van der Waals surface area contributed by atoms with Crippen LogP contribution in [0.25, 0.3) is 0 Å². The molecular weight excluding hydrogens is 482 g/mol. The standard InChI is InChI=1S/C19H12Cl4O5S/c20-12-5-1-3-10(7-12)19(29(26,27)28,11-4-2-6-13(21)8-11)16-14(22)9-15(23)17(24)18(16)25/h1-9,24-25H,(H,26,27,28). The minimum absolute atomic E-state index is 0.0475. The Morgan fingerprint density at radius 2 is 1.21 bits per heavy atom. The van der Waals surface area contributed by atoms with Gasteiger partial charge in [0.15, 0.2) is 16.2 Å². The van der Waals surface area contributed by atoms with Gasteiger partial charge in [-0.05, 0) is 41.5 Å². The molecule has 0 saturated carbocycles. The summed E-state index contributed by atoms with van der Waals surface area (Å²) in [5.41, 5.74) is -0.601. The van der Waals surface area contributed by atoms with E-state index in [1.54, 1.807) is 0 Å². The lowest BCUT2D eigenvalue weighted by Crippen LogP contribution is -2.38. The van der Waals surface area contributed by atoms with E-state index in [-0.39, 0.29) is 31.2 Å². The van der Waals surface area contributed by atoms with Crippen LogP contribution in [-0.4, -0.2) is 23.2 Å². The molecule has 3 aromatic carbocycles. The molecule has 0 atom stereocenters. The van der Waals surface area contributed by atoms with Crippen molar-refractivity contribution in [3.05, 3.63) is 91.4 Å². The average Bonchev–Trinajstić information content (AvgIpc) is 2.62. The topological polar surface area (TPSA) is 94.8 Å². The van der Waals surface area contributed by atoms with Gasteiger partial charge in [0.1, 0.15) is 0 Å². The lowest BCUT2D eigenvalue weighted by molar-refractivity contribution is 0.394. The van der Waals surface area contributed by atoms with Crippen LogP contribution in [0, 0.1) is 0 Å². The zero-order valence-electron chi connectivity index (χ0n) is 14.3. The van der Waals surface area contributed by atoms with Gasteiger partial charge in [0.2, 0.25) is 0 Å². The van der Waals surface area contributed by atoms with Crippen LogP contribution in [0.3, 0.4) is 0 Å². The normalized spacial score (nSPS) is 12.2. The van der Waals surface area contributed by atoms with E-state index in [0.717, 1.165) is 6.07 Å². The van der Waals surface area contributed by atoms with E-state index in [4.69, 9.17) is 46.4 Å². The van der Waals surface area contributed by atoms with Gasteiger partial charge in [0.25, 0.3) is 10.1 Å². The van der Waals surface area contributed by atoms with Crippen LogP contribution in [0.15, 0.2) is 54.6 Å².